The molecule has 19 heavy (non-hydrogen) atoms. The molecule has 1 rings (SSSR count). The van der Waals surface area contributed by atoms with Crippen molar-refractivity contribution in [2.45, 2.75) is 0 Å². The number of benzene rings is 1. The van der Waals surface area contributed by atoms with E-state index in [1.165, 1.54) is 18.2 Å². The largest absolute Gasteiger partial charge is 0.480 e. The molecule has 0 radical (unpaired) electrons. The first-order valence-electron chi connectivity index (χ1n) is 5.16. The number of carbonyl (C=O) groups excluding carboxylic acids is 1. The number of nitrogens with zero attached hydrogens (tertiary/aromatic N) is 1. The maximum atomic E-state index is 13.2. The summed E-state index contributed by atoms with van der Waals surface area (Å²) in [6.07, 6.45) is 1.01. The van der Waals surface area contributed by atoms with Gasteiger partial charge in [-0.05, 0) is 12.1 Å². The molecule has 1 aromatic rings. The Hall–Kier alpha value is -2.88. The number of hydrogen-bond acceptors (Lipinski definition) is 4. The zero-order chi connectivity index (χ0) is 14.3. The lowest BCUT2D eigenvalue weighted by molar-refractivity contribution is -0.137. The molecule has 0 aliphatic carbocycles. The van der Waals surface area contributed by atoms with Gasteiger partial charge in [-0.25, -0.2) is 4.39 Å². The Bertz CT molecular complexity index is 564. The Labute approximate surface area is 108 Å². The second-order valence-electron chi connectivity index (χ2n) is 3.37. The fourth-order valence-electron chi connectivity index (χ4n) is 1.13. The van der Waals surface area contributed by atoms with Gasteiger partial charge in [0.2, 0.25) is 0 Å². The fraction of sp³-hybridized carbons (Fsp3) is 0.0833. The minimum Gasteiger partial charge on any atom is -0.480 e. The molecular formula is C12H10FN3O3. The quantitative estimate of drug-likeness (QED) is 0.539. The number of carbonyl (C=O) groups is 2. The van der Waals surface area contributed by atoms with E-state index in [-0.39, 0.29) is 11.3 Å². The molecule has 0 fully saturated rings. The Morgan fingerprint density at radius 1 is 1.42 bits per heavy atom. The van der Waals surface area contributed by atoms with Gasteiger partial charge in [-0.2, -0.15) is 5.26 Å². The number of carboxylic acid groups (broad SMARTS) is 1. The van der Waals surface area contributed by atoms with Gasteiger partial charge in [0, 0.05) is 6.20 Å². The van der Waals surface area contributed by atoms with Crippen molar-refractivity contribution in [3.63, 3.8) is 0 Å². The highest BCUT2D eigenvalue weighted by atomic mass is 19.1. The van der Waals surface area contributed by atoms with Gasteiger partial charge in [0.25, 0.3) is 5.91 Å². The van der Waals surface area contributed by atoms with E-state index in [4.69, 9.17) is 10.4 Å². The number of hydrogen-bond donors (Lipinski definition) is 3. The van der Waals surface area contributed by atoms with E-state index in [0.717, 1.165) is 6.20 Å². The van der Waals surface area contributed by atoms with Crippen LogP contribution >= 0.6 is 0 Å². The molecule has 0 bridgehead atoms. The van der Waals surface area contributed by atoms with E-state index in [9.17, 15) is 14.0 Å². The van der Waals surface area contributed by atoms with Crippen LogP contribution in [0.5, 0.6) is 0 Å². The highest BCUT2D eigenvalue weighted by Crippen LogP contribution is 2.12. The van der Waals surface area contributed by atoms with Crippen molar-refractivity contribution in [2.75, 3.05) is 11.9 Å². The van der Waals surface area contributed by atoms with E-state index in [1.54, 1.807) is 12.1 Å². The molecule has 0 aliphatic heterocycles. The predicted octanol–water partition coefficient (Wildman–Crippen LogP) is 0.846. The molecule has 0 saturated carbocycles. The van der Waals surface area contributed by atoms with Crippen LogP contribution in [0.2, 0.25) is 0 Å². The summed E-state index contributed by atoms with van der Waals surface area (Å²) in [5.41, 5.74) is -0.259. The van der Waals surface area contributed by atoms with Gasteiger partial charge in [-0.15, -0.1) is 0 Å². The van der Waals surface area contributed by atoms with Gasteiger partial charge in [0.05, 0.1) is 5.69 Å². The molecule has 0 atom stereocenters. The fourth-order valence-corrected chi connectivity index (χ4v) is 1.13. The number of nitriles is 1. The van der Waals surface area contributed by atoms with E-state index >= 15 is 0 Å². The molecule has 98 valence electrons. The normalized spacial score (nSPS) is 10.4. The van der Waals surface area contributed by atoms with Crippen LogP contribution in [-0.4, -0.2) is 23.5 Å². The van der Waals surface area contributed by atoms with Crippen molar-refractivity contribution < 1.29 is 19.1 Å². The van der Waals surface area contributed by atoms with Crippen molar-refractivity contribution in [1.82, 2.24) is 5.32 Å². The average Bonchev–Trinajstić information content (AvgIpc) is 2.39. The lowest BCUT2D eigenvalue weighted by atomic mass is 10.2. The SMILES string of the molecule is N#C/C(=C/Nc1ccccc1F)C(=O)NCC(=O)O. The summed E-state index contributed by atoms with van der Waals surface area (Å²) in [6.45, 7) is -0.600. The second-order valence-corrected chi connectivity index (χ2v) is 3.37. The van der Waals surface area contributed by atoms with Crippen LogP contribution in [0.4, 0.5) is 10.1 Å². The van der Waals surface area contributed by atoms with E-state index < -0.39 is 24.2 Å². The third-order valence-electron chi connectivity index (χ3n) is 2.01. The van der Waals surface area contributed by atoms with Crippen molar-refractivity contribution in [3.05, 3.63) is 41.9 Å². The number of amides is 1. The van der Waals surface area contributed by atoms with Gasteiger partial charge in [-0.3, -0.25) is 9.59 Å². The lowest BCUT2D eigenvalue weighted by Crippen LogP contribution is -2.30. The van der Waals surface area contributed by atoms with Gasteiger partial charge < -0.3 is 15.7 Å². The zero-order valence-electron chi connectivity index (χ0n) is 9.68. The molecular weight excluding hydrogens is 253 g/mol. The predicted molar refractivity (Wildman–Crippen MR) is 64.4 cm³/mol. The van der Waals surface area contributed by atoms with Crippen LogP contribution in [0.3, 0.4) is 0 Å². The van der Waals surface area contributed by atoms with Crippen LogP contribution in [0.25, 0.3) is 0 Å². The Kier molecular flexibility index (Phi) is 5.04. The molecule has 1 aromatic carbocycles. The molecule has 0 spiro atoms. The van der Waals surface area contributed by atoms with Crippen LogP contribution in [0, 0.1) is 17.1 Å². The van der Waals surface area contributed by atoms with Gasteiger partial charge >= 0.3 is 5.97 Å². The summed E-state index contributed by atoms with van der Waals surface area (Å²) in [7, 11) is 0. The highest BCUT2D eigenvalue weighted by Gasteiger charge is 2.10. The minimum absolute atomic E-state index is 0.0984. The van der Waals surface area contributed by atoms with Crippen molar-refractivity contribution in [1.29, 1.82) is 5.26 Å². The Balaban J connectivity index is 2.73. The molecule has 6 nitrogen and oxygen atoms in total. The van der Waals surface area contributed by atoms with Crippen LogP contribution in [-0.2, 0) is 9.59 Å². The summed E-state index contributed by atoms with van der Waals surface area (Å²) in [5.74, 6) is -2.62. The molecule has 0 saturated heterocycles. The van der Waals surface area contributed by atoms with Gasteiger partial charge in [-0.1, -0.05) is 12.1 Å². The molecule has 3 N–H and O–H groups in total. The van der Waals surface area contributed by atoms with Crippen molar-refractivity contribution in [3.8, 4) is 6.07 Å². The summed E-state index contributed by atoms with van der Waals surface area (Å²) in [4.78, 5) is 21.6. The molecule has 0 aliphatic rings. The minimum atomic E-state index is -1.23. The van der Waals surface area contributed by atoms with Crippen LogP contribution < -0.4 is 10.6 Å². The smallest absolute Gasteiger partial charge is 0.322 e. The number of nitrogens with one attached hydrogen (secondary N) is 2. The van der Waals surface area contributed by atoms with Crippen LogP contribution in [0.15, 0.2) is 36.0 Å². The zero-order valence-corrected chi connectivity index (χ0v) is 9.68. The van der Waals surface area contributed by atoms with Gasteiger partial charge in [0.15, 0.2) is 0 Å². The number of carboxylic acids is 1. The highest BCUT2D eigenvalue weighted by molar-refractivity contribution is 5.98. The average molecular weight is 263 g/mol. The first kappa shape index (κ1) is 14.2. The number of aliphatic carboxylic acids is 1. The second kappa shape index (κ2) is 6.76. The third-order valence-corrected chi connectivity index (χ3v) is 2.01. The molecule has 0 heterocycles. The van der Waals surface area contributed by atoms with Crippen molar-refractivity contribution >= 4 is 17.6 Å². The topological polar surface area (TPSA) is 102 Å². The van der Waals surface area contributed by atoms with E-state index in [2.05, 4.69) is 5.32 Å². The van der Waals surface area contributed by atoms with Gasteiger partial charge in [0.1, 0.15) is 24.0 Å². The first-order valence-corrected chi connectivity index (χ1v) is 5.16. The molecule has 1 amide bonds. The van der Waals surface area contributed by atoms with Crippen molar-refractivity contribution in [2.24, 2.45) is 0 Å². The Morgan fingerprint density at radius 2 is 2.11 bits per heavy atom. The molecule has 7 heteroatoms. The number of para-hydroxylation sites is 1. The lowest BCUT2D eigenvalue weighted by Gasteiger charge is -2.04. The first-order chi connectivity index (χ1) is 9.04. The summed E-state index contributed by atoms with van der Waals surface area (Å²) >= 11 is 0. The molecule has 0 unspecified atom stereocenters. The maximum absolute atomic E-state index is 13.2. The van der Waals surface area contributed by atoms with E-state index in [1.807, 2.05) is 5.32 Å². The summed E-state index contributed by atoms with van der Waals surface area (Å²) < 4.78 is 13.2. The summed E-state index contributed by atoms with van der Waals surface area (Å²) in [6, 6.07) is 7.30. The number of halogens is 1. The maximum Gasteiger partial charge on any atom is 0.322 e. The van der Waals surface area contributed by atoms with Crippen LogP contribution in [0.1, 0.15) is 0 Å². The number of rotatable bonds is 5. The standard InChI is InChI=1S/C12H10FN3O3/c13-9-3-1-2-4-10(9)15-6-8(5-14)12(19)16-7-11(17)18/h1-4,6,15H,7H2,(H,16,19)(H,17,18)/b8-6-. The third kappa shape index (κ3) is 4.47. The van der Waals surface area contributed by atoms with E-state index in [0.29, 0.717) is 0 Å². The molecule has 0 aromatic heterocycles. The number of anilines is 1. The summed E-state index contributed by atoms with van der Waals surface area (Å²) in [5, 5.41) is 21.6. The Morgan fingerprint density at radius 3 is 2.68 bits per heavy atom. The monoisotopic (exact) mass is 263 g/mol.